The second-order valence-electron chi connectivity index (χ2n) is 4.89. The Morgan fingerprint density at radius 1 is 1.30 bits per heavy atom. The van der Waals surface area contributed by atoms with Gasteiger partial charge in [-0.05, 0) is 31.0 Å². The second-order valence-corrected chi connectivity index (χ2v) is 4.89. The third kappa shape index (κ3) is 2.07. The molecular weight excluding hydrogens is 258 g/mol. The fraction of sp³-hybridized carbons (Fsp3) is 0.308. The van der Waals surface area contributed by atoms with E-state index >= 15 is 0 Å². The number of anilines is 1. The van der Waals surface area contributed by atoms with Crippen LogP contribution in [0.2, 0.25) is 0 Å². The topological polar surface area (TPSA) is 106 Å². The summed E-state index contributed by atoms with van der Waals surface area (Å²) < 4.78 is 1.31. The van der Waals surface area contributed by atoms with Crippen molar-refractivity contribution in [1.82, 2.24) is 4.57 Å². The lowest BCUT2D eigenvalue weighted by Crippen LogP contribution is -2.09. The number of rotatable bonds is 2. The van der Waals surface area contributed by atoms with Gasteiger partial charge in [-0.2, -0.15) is 0 Å². The zero-order valence-electron chi connectivity index (χ0n) is 11.0. The van der Waals surface area contributed by atoms with E-state index in [0.29, 0.717) is 16.5 Å². The number of aromatic hydroxyl groups is 2. The van der Waals surface area contributed by atoms with Crippen LogP contribution in [0, 0.1) is 5.53 Å². The molecule has 0 aliphatic heterocycles. The molecule has 0 bridgehead atoms. The average molecular weight is 273 g/mol. The summed E-state index contributed by atoms with van der Waals surface area (Å²) in [6, 6.07) is 5.41. The summed E-state index contributed by atoms with van der Waals surface area (Å²) in [7, 11) is 1.58. The predicted molar refractivity (Wildman–Crippen MR) is 75.5 cm³/mol. The van der Waals surface area contributed by atoms with Gasteiger partial charge in [0.1, 0.15) is 0 Å². The Morgan fingerprint density at radius 2 is 2.00 bits per heavy atom. The highest BCUT2D eigenvalue weighted by atomic mass is 16.3. The summed E-state index contributed by atoms with van der Waals surface area (Å²) in [6.07, 6.45) is 2.07. The quantitative estimate of drug-likeness (QED) is 0.384. The fourth-order valence-electron chi connectivity index (χ4n) is 2.06. The average Bonchev–Trinajstić information content (AvgIpc) is 3.24. The molecule has 0 amide bonds. The number of aromatic nitrogens is 1. The molecule has 0 saturated heterocycles. The van der Waals surface area contributed by atoms with Crippen molar-refractivity contribution < 1.29 is 10.2 Å². The first-order valence-corrected chi connectivity index (χ1v) is 6.33. The Balaban J connectivity index is 1.96. The molecule has 0 spiro atoms. The number of nitrogens with zero attached hydrogens (tertiary/aromatic N) is 3. The van der Waals surface area contributed by atoms with Crippen LogP contribution in [0.25, 0.3) is 10.8 Å². The van der Waals surface area contributed by atoms with Crippen molar-refractivity contribution >= 4 is 22.4 Å². The molecule has 1 saturated carbocycles. The molecule has 1 aliphatic carbocycles. The van der Waals surface area contributed by atoms with Gasteiger partial charge in [-0.25, -0.2) is 10.5 Å². The number of fused-ring (bicyclic) bond motifs is 1. The Bertz CT molecular complexity index is 715. The third-order valence-corrected chi connectivity index (χ3v) is 3.35. The van der Waals surface area contributed by atoms with Crippen molar-refractivity contribution in [2.45, 2.75) is 18.9 Å². The molecule has 1 fully saturated rings. The molecule has 104 valence electrons. The standard InChI is InChI=1S/C13H15N5O2/c1-18-11(19)9-5-4-8(6-10(9)12(18)20)16-13(17-14)15-7-2-3-7/h4-7,14,19-20H,2-3H2,1H3,(H,15,16). The molecule has 1 aliphatic rings. The summed E-state index contributed by atoms with van der Waals surface area (Å²) in [5, 5.41) is 27.2. The third-order valence-electron chi connectivity index (χ3n) is 3.35. The van der Waals surface area contributed by atoms with E-state index in [1.807, 2.05) is 0 Å². The molecule has 0 radical (unpaired) electrons. The van der Waals surface area contributed by atoms with E-state index in [9.17, 15) is 10.2 Å². The number of hydrogen-bond acceptors (Lipinski definition) is 4. The first-order valence-electron chi connectivity index (χ1n) is 6.33. The minimum atomic E-state index is -0.00959. The minimum Gasteiger partial charge on any atom is -0.494 e. The summed E-state index contributed by atoms with van der Waals surface area (Å²) in [5.74, 6) is 0.261. The van der Waals surface area contributed by atoms with Crippen molar-refractivity contribution in [1.29, 1.82) is 5.53 Å². The predicted octanol–water partition coefficient (Wildman–Crippen LogP) is 2.55. The van der Waals surface area contributed by atoms with E-state index in [1.165, 1.54) is 4.57 Å². The molecule has 7 heteroatoms. The number of aliphatic imine (C=N–C) groups is 1. The van der Waals surface area contributed by atoms with E-state index in [1.54, 1.807) is 25.2 Å². The number of guanidine groups is 1. The van der Waals surface area contributed by atoms with Crippen molar-refractivity contribution in [2.75, 3.05) is 5.32 Å². The normalized spacial score (nSPS) is 15.6. The summed E-state index contributed by atoms with van der Waals surface area (Å²) in [6.45, 7) is 0. The molecule has 1 aromatic heterocycles. The maximum Gasteiger partial charge on any atom is 0.242 e. The van der Waals surface area contributed by atoms with Crippen LogP contribution in [-0.2, 0) is 7.05 Å². The number of benzene rings is 1. The van der Waals surface area contributed by atoms with Crippen LogP contribution < -0.4 is 5.32 Å². The lowest BCUT2D eigenvalue weighted by molar-refractivity contribution is 0.391. The van der Waals surface area contributed by atoms with E-state index in [0.717, 1.165) is 12.8 Å². The van der Waals surface area contributed by atoms with Gasteiger partial charge in [-0.3, -0.25) is 4.57 Å². The minimum absolute atomic E-state index is 0.00959. The molecule has 4 N–H and O–H groups in total. The number of nitrogens with one attached hydrogen (secondary N) is 2. The maximum absolute atomic E-state index is 9.93. The van der Waals surface area contributed by atoms with Gasteiger partial charge in [0.2, 0.25) is 17.7 Å². The van der Waals surface area contributed by atoms with E-state index < -0.39 is 0 Å². The molecule has 1 aromatic carbocycles. The van der Waals surface area contributed by atoms with Crippen LogP contribution in [0.4, 0.5) is 5.69 Å². The van der Waals surface area contributed by atoms with Gasteiger partial charge in [0.15, 0.2) is 0 Å². The van der Waals surface area contributed by atoms with Gasteiger partial charge in [0, 0.05) is 23.5 Å². The van der Waals surface area contributed by atoms with Crippen molar-refractivity contribution in [3.63, 3.8) is 0 Å². The van der Waals surface area contributed by atoms with Crippen LogP contribution in [0.5, 0.6) is 11.8 Å². The van der Waals surface area contributed by atoms with Gasteiger partial charge in [-0.15, -0.1) is 5.11 Å². The van der Waals surface area contributed by atoms with Crippen LogP contribution in [0.3, 0.4) is 0 Å². The highest BCUT2D eigenvalue weighted by Gasteiger charge is 2.21. The fourth-order valence-corrected chi connectivity index (χ4v) is 2.06. The zero-order chi connectivity index (χ0) is 14.3. The summed E-state index contributed by atoms with van der Waals surface area (Å²) >= 11 is 0. The van der Waals surface area contributed by atoms with Crippen LogP contribution >= 0.6 is 0 Å². The van der Waals surface area contributed by atoms with E-state index in [2.05, 4.69) is 15.4 Å². The van der Waals surface area contributed by atoms with Gasteiger partial charge in [0.25, 0.3) is 0 Å². The lowest BCUT2D eigenvalue weighted by atomic mass is 10.2. The molecule has 0 unspecified atom stereocenters. The molecular formula is C13H15N5O2. The first kappa shape index (κ1) is 12.5. The van der Waals surface area contributed by atoms with Crippen LogP contribution in [0.15, 0.2) is 28.3 Å². The van der Waals surface area contributed by atoms with Crippen molar-refractivity contribution in [2.24, 2.45) is 17.2 Å². The zero-order valence-corrected chi connectivity index (χ0v) is 11.0. The maximum atomic E-state index is 9.93. The molecule has 1 heterocycles. The molecule has 3 rings (SSSR count). The second kappa shape index (κ2) is 4.52. The monoisotopic (exact) mass is 273 g/mol. The largest absolute Gasteiger partial charge is 0.494 e. The molecule has 7 nitrogen and oxygen atoms in total. The Morgan fingerprint density at radius 3 is 2.65 bits per heavy atom. The van der Waals surface area contributed by atoms with Crippen LogP contribution in [-0.4, -0.2) is 26.8 Å². The molecule has 2 aromatic rings. The number of hydrogen-bond donors (Lipinski definition) is 4. The molecule has 0 atom stereocenters. The summed E-state index contributed by atoms with van der Waals surface area (Å²) in [4.78, 5) is 4.26. The van der Waals surface area contributed by atoms with Crippen molar-refractivity contribution in [3.8, 4) is 11.8 Å². The highest BCUT2D eigenvalue weighted by molar-refractivity contribution is 5.99. The van der Waals surface area contributed by atoms with E-state index in [4.69, 9.17) is 5.53 Å². The Kier molecular flexibility index (Phi) is 2.81. The van der Waals surface area contributed by atoms with Crippen LogP contribution in [0.1, 0.15) is 12.8 Å². The van der Waals surface area contributed by atoms with Gasteiger partial charge in [-0.1, -0.05) is 0 Å². The Labute approximate surface area is 115 Å². The van der Waals surface area contributed by atoms with Gasteiger partial charge < -0.3 is 15.5 Å². The van der Waals surface area contributed by atoms with E-state index in [-0.39, 0.29) is 23.8 Å². The summed E-state index contributed by atoms with van der Waals surface area (Å²) in [5.41, 5.74) is 7.77. The van der Waals surface area contributed by atoms with Gasteiger partial charge >= 0.3 is 0 Å². The van der Waals surface area contributed by atoms with Crippen molar-refractivity contribution in [3.05, 3.63) is 18.2 Å². The SMILES string of the molecule is Cn1c(O)c2ccc(NC(N=N)=NC3CC3)cc2c1O. The first-order chi connectivity index (χ1) is 9.60. The molecule has 20 heavy (non-hydrogen) atoms. The lowest BCUT2D eigenvalue weighted by Gasteiger charge is -2.04. The Hall–Kier alpha value is -2.57. The highest BCUT2D eigenvalue weighted by Crippen LogP contribution is 2.36. The van der Waals surface area contributed by atoms with Gasteiger partial charge in [0.05, 0.1) is 6.04 Å². The smallest absolute Gasteiger partial charge is 0.242 e.